The maximum absolute atomic E-state index is 13.8. The van der Waals surface area contributed by atoms with Crippen molar-refractivity contribution in [2.24, 2.45) is 0 Å². The summed E-state index contributed by atoms with van der Waals surface area (Å²) < 4.78 is 33.5. The lowest BCUT2D eigenvalue weighted by atomic mass is 10.2. The molecular weight excluding hydrogens is 332 g/mol. The Hall–Kier alpha value is -2.15. The van der Waals surface area contributed by atoms with E-state index >= 15 is 0 Å². The van der Waals surface area contributed by atoms with Gasteiger partial charge in [-0.1, -0.05) is 0 Å². The van der Waals surface area contributed by atoms with Crippen molar-refractivity contribution < 1.29 is 13.5 Å². The van der Waals surface area contributed by atoms with Gasteiger partial charge in [0.2, 0.25) is 5.75 Å². The molecular formula is C13H8BrF2N3O. The lowest BCUT2D eigenvalue weighted by molar-refractivity contribution is 0.412. The van der Waals surface area contributed by atoms with E-state index in [-0.39, 0.29) is 11.4 Å². The van der Waals surface area contributed by atoms with Crippen molar-refractivity contribution in [3.63, 3.8) is 0 Å². The second kappa shape index (κ2) is 4.75. The third-order valence-electron chi connectivity index (χ3n) is 2.75. The summed E-state index contributed by atoms with van der Waals surface area (Å²) in [5.74, 6) is -2.03. The molecule has 1 aromatic carbocycles. The number of pyridine rings is 1. The predicted molar refractivity (Wildman–Crippen MR) is 74.6 cm³/mol. The molecule has 0 bridgehead atoms. The highest BCUT2D eigenvalue weighted by molar-refractivity contribution is 9.10. The summed E-state index contributed by atoms with van der Waals surface area (Å²) in [7, 11) is 0. The predicted octanol–water partition coefficient (Wildman–Crippen LogP) is 3.98. The molecule has 0 fully saturated rings. The highest BCUT2D eigenvalue weighted by atomic mass is 79.9. The Morgan fingerprint density at radius 2 is 2.10 bits per heavy atom. The maximum atomic E-state index is 13.8. The van der Waals surface area contributed by atoms with Gasteiger partial charge in [-0.15, -0.1) is 0 Å². The SMILES string of the molecule is Nc1ccc(F)c(Oc2c[nH]c3ncc(Br)cc23)c1F. The average molecular weight is 340 g/mol. The number of halogens is 3. The number of aromatic amines is 1. The van der Waals surface area contributed by atoms with Crippen LogP contribution in [0, 0.1) is 11.6 Å². The van der Waals surface area contributed by atoms with Crippen molar-refractivity contribution in [3.05, 3.63) is 46.7 Å². The summed E-state index contributed by atoms with van der Waals surface area (Å²) in [6.45, 7) is 0. The Labute approximate surface area is 120 Å². The summed E-state index contributed by atoms with van der Waals surface area (Å²) in [4.78, 5) is 6.97. The van der Waals surface area contributed by atoms with Crippen molar-refractivity contribution in [3.8, 4) is 11.5 Å². The lowest BCUT2D eigenvalue weighted by Crippen LogP contribution is -1.97. The number of H-pyrrole nitrogens is 1. The number of hydrogen-bond donors (Lipinski definition) is 2. The van der Waals surface area contributed by atoms with Crippen molar-refractivity contribution in [2.45, 2.75) is 0 Å². The van der Waals surface area contributed by atoms with Gasteiger partial charge in [0.15, 0.2) is 17.4 Å². The number of nitrogens with two attached hydrogens (primary N) is 1. The molecule has 0 aliphatic carbocycles. The normalized spacial score (nSPS) is 10.9. The fourth-order valence-corrected chi connectivity index (χ4v) is 2.12. The smallest absolute Gasteiger partial charge is 0.200 e. The number of nitrogen functional groups attached to an aromatic ring is 1. The molecule has 2 heterocycles. The number of fused-ring (bicyclic) bond motifs is 1. The Bertz CT molecular complexity index is 804. The van der Waals surface area contributed by atoms with Crippen LogP contribution in [0.5, 0.6) is 11.5 Å². The Balaban J connectivity index is 2.10. The molecule has 0 aliphatic rings. The zero-order chi connectivity index (χ0) is 14.3. The summed E-state index contributed by atoms with van der Waals surface area (Å²) >= 11 is 3.28. The molecule has 4 nitrogen and oxygen atoms in total. The minimum atomic E-state index is -0.928. The summed E-state index contributed by atoms with van der Waals surface area (Å²) in [6.07, 6.45) is 3.08. The zero-order valence-electron chi connectivity index (χ0n) is 9.95. The first-order valence-corrected chi connectivity index (χ1v) is 6.39. The quantitative estimate of drug-likeness (QED) is 0.694. The Morgan fingerprint density at radius 3 is 2.90 bits per heavy atom. The number of nitrogens with zero attached hydrogens (tertiary/aromatic N) is 1. The minimum absolute atomic E-state index is 0.180. The van der Waals surface area contributed by atoms with Crippen molar-refractivity contribution in [2.75, 3.05) is 5.73 Å². The van der Waals surface area contributed by atoms with Gasteiger partial charge in [-0.3, -0.25) is 0 Å². The van der Waals surface area contributed by atoms with Crippen LogP contribution in [-0.2, 0) is 0 Å². The average Bonchev–Trinajstić information content (AvgIpc) is 2.81. The first kappa shape index (κ1) is 12.9. The summed E-state index contributed by atoms with van der Waals surface area (Å²) in [6, 6.07) is 3.93. The number of ether oxygens (including phenoxy) is 1. The third kappa shape index (κ3) is 2.09. The van der Waals surface area contributed by atoms with E-state index in [4.69, 9.17) is 10.5 Å². The van der Waals surface area contributed by atoms with Gasteiger partial charge in [-0.25, -0.2) is 13.8 Å². The molecule has 2 aromatic heterocycles. The highest BCUT2D eigenvalue weighted by Gasteiger charge is 2.16. The van der Waals surface area contributed by atoms with Gasteiger partial charge in [0.25, 0.3) is 0 Å². The van der Waals surface area contributed by atoms with Crippen LogP contribution in [0.4, 0.5) is 14.5 Å². The fraction of sp³-hybridized carbons (Fsp3) is 0. The number of aromatic nitrogens is 2. The molecule has 3 aromatic rings. The first-order valence-electron chi connectivity index (χ1n) is 5.60. The van der Waals surface area contributed by atoms with Gasteiger partial charge < -0.3 is 15.5 Å². The van der Waals surface area contributed by atoms with Crippen LogP contribution in [0.15, 0.2) is 35.1 Å². The van der Waals surface area contributed by atoms with Crippen molar-refractivity contribution in [1.29, 1.82) is 0 Å². The number of rotatable bonds is 2. The molecule has 0 aliphatic heterocycles. The van der Waals surface area contributed by atoms with Crippen LogP contribution in [-0.4, -0.2) is 9.97 Å². The van der Waals surface area contributed by atoms with Gasteiger partial charge in [0.1, 0.15) is 5.65 Å². The molecule has 20 heavy (non-hydrogen) atoms. The second-order valence-electron chi connectivity index (χ2n) is 4.08. The molecule has 0 spiro atoms. The van der Waals surface area contributed by atoms with E-state index in [1.54, 1.807) is 12.3 Å². The molecule has 3 rings (SSSR count). The van der Waals surface area contributed by atoms with Crippen LogP contribution in [0.3, 0.4) is 0 Å². The molecule has 0 amide bonds. The van der Waals surface area contributed by atoms with Crippen LogP contribution in [0.1, 0.15) is 0 Å². The number of nitrogens with one attached hydrogen (secondary N) is 1. The molecule has 7 heteroatoms. The molecule has 0 unspecified atom stereocenters. The van der Waals surface area contributed by atoms with Gasteiger partial charge in [0, 0.05) is 16.9 Å². The summed E-state index contributed by atoms with van der Waals surface area (Å²) in [5.41, 5.74) is 5.77. The first-order chi connectivity index (χ1) is 9.56. The van der Waals surface area contributed by atoms with E-state index in [0.29, 0.717) is 11.0 Å². The molecule has 0 saturated heterocycles. The standard InChI is InChI=1S/C13H8BrF2N3O/c14-6-3-7-10(5-19-13(7)18-4-6)20-12-8(15)1-2-9(17)11(12)16/h1-5H,17H2,(H,18,19). The fourth-order valence-electron chi connectivity index (χ4n) is 1.79. The van der Waals surface area contributed by atoms with E-state index < -0.39 is 17.4 Å². The minimum Gasteiger partial charge on any atom is -0.449 e. The number of benzene rings is 1. The highest BCUT2D eigenvalue weighted by Crippen LogP contribution is 2.34. The van der Waals surface area contributed by atoms with E-state index in [1.165, 1.54) is 6.20 Å². The number of hydrogen-bond acceptors (Lipinski definition) is 3. The molecule has 102 valence electrons. The second-order valence-corrected chi connectivity index (χ2v) is 5.00. The van der Waals surface area contributed by atoms with Crippen LogP contribution in [0.25, 0.3) is 11.0 Å². The van der Waals surface area contributed by atoms with Crippen molar-refractivity contribution >= 4 is 32.7 Å². The lowest BCUT2D eigenvalue weighted by Gasteiger charge is -2.08. The number of anilines is 1. The zero-order valence-corrected chi connectivity index (χ0v) is 11.5. The van der Waals surface area contributed by atoms with Crippen LogP contribution >= 0.6 is 15.9 Å². The van der Waals surface area contributed by atoms with E-state index in [2.05, 4.69) is 25.9 Å². The van der Waals surface area contributed by atoms with Gasteiger partial charge in [0.05, 0.1) is 11.1 Å². The van der Waals surface area contributed by atoms with Crippen LogP contribution < -0.4 is 10.5 Å². The molecule has 0 atom stereocenters. The van der Waals surface area contributed by atoms with Gasteiger partial charge in [-0.2, -0.15) is 0 Å². The van der Waals surface area contributed by atoms with E-state index in [0.717, 1.165) is 16.6 Å². The van der Waals surface area contributed by atoms with Crippen LogP contribution in [0.2, 0.25) is 0 Å². The molecule has 0 radical (unpaired) electrons. The topological polar surface area (TPSA) is 63.9 Å². The van der Waals surface area contributed by atoms with Gasteiger partial charge >= 0.3 is 0 Å². The van der Waals surface area contributed by atoms with E-state index in [1.807, 2.05) is 0 Å². The summed E-state index contributed by atoms with van der Waals surface area (Å²) in [5, 5.41) is 0.598. The third-order valence-corrected chi connectivity index (χ3v) is 3.18. The Morgan fingerprint density at radius 1 is 1.30 bits per heavy atom. The van der Waals surface area contributed by atoms with Gasteiger partial charge in [-0.05, 0) is 34.1 Å². The maximum Gasteiger partial charge on any atom is 0.200 e. The monoisotopic (exact) mass is 339 g/mol. The van der Waals surface area contributed by atoms with Crippen molar-refractivity contribution in [1.82, 2.24) is 9.97 Å². The van der Waals surface area contributed by atoms with E-state index in [9.17, 15) is 8.78 Å². The Kier molecular flexibility index (Phi) is 3.06. The molecule has 0 saturated carbocycles. The molecule has 3 N–H and O–H groups in total. The largest absolute Gasteiger partial charge is 0.449 e.